The van der Waals surface area contributed by atoms with E-state index in [0.29, 0.717) is 28.8 Å². The lowest BCUT2D eigenvalue weighted by molar-refractivity contribution is 0.0521. The first-order valence-electron chi connectivity index (χ1n) is 8.05. The summed E-state index contributed by atoms with van der Waals surface area (Å²) in [5.74, 6) is 1.47. The SMILES string of the molecule is CCOC(=O)c1cccnc1SCc1coc(-c2ccc(OC)cc2)n1. The summed E-state index contributed by atoms with van der Waals surface area (Å²) in [5, 5.41) is 0.611. The van der Waals surface area contributed by atoms with Gasteiger partial charge in [-0.25, -0.2) is 14.8 Å². The topological polar surface area (TPSA) is 74.5 Å². The van der Waals surface area contributed by atoms with Gasteiger partial charge in [-0.05, 0) is 43.3 Å². The van der Waals surface area contributed by atoms with Crippen LogP contribution >= 0.6 is 11.8 Å². The Morgan fingerprint density at radius 1 is 1.23 bits per heavy atom. The highest BCUT2D eigenvalue weighted by atomic mass is 32.2. The largest absolute Gasteiger partial charge is 0.497 e. The van der Waals surface area contributed by atoms with E-state index in [1.807, 2.05) is 24.3 Å². The molecule has 0 atom stereocenters. The Morgan fingerprint density at radius 2 is 2.04 bits per heavy atom. The Bertz CT molecular complexity index is 877. The monoisotopic (exact) mass is 370 g/mol. The van der Waals surface area contributed by atoms with Crippen molar-refractivity contribution in [1.29, 1.82) is 0 Å². The summed E-state index contributed by atoms with van der Waals surface area (Å²) < 4.78 is 15.8. The van der Waals surface area contributed by atoms with Crippen LogP contribution in [0.25, 0.3) is 11.5 Å². The second-order valence-electron chi connectivity index (χ2n) is 5.24. The summed E-state index contributed by atoms with van der Waals surface area (Å²) in [7, 11) is 1.62. The molecule has 0 saturated carbocycles. The number of hydrogen-bond donors (Lipinski definition) is 0. The zero-order chi connectivity index (χ0) is 18.4. The molecule has 1 aromatic carbocycles. The van der Waals surface area contributed by atoms with Crippen LogP contribution in [0.4, 0.5) is 0 Å². The van der Waals surface area contributed by atoms with Crippen molar-refractivity contribution < 1.29 is 18.7 Å². The number of methoxy groups -OCH3 is 1. The first-order chi connectivity index (χ1) is 12.7. The molecule has 0 aliphatic carbocycles. The van der Waals surface area contributed by atoms with E-state index in [9.17, 15) is 4.79 Å². The van der Waals surface area contributed by atoms with Crippen molar-refractivity contribution in [2.75, 3.05) is 13.7 Å². The Kier molecular flexibility index (Phi) is 5.91. The van der Waals surface area contributed by atoms with E-state index in [0.717, 1.165) is 17.0 Å². The fraction of sp³-hybridized carbons (Fsp3) is 0.211. The predicted octanol–water partition coefficient (Wildman–Crippen LogP) is 4.21. The van der Waals surface area contributed by atoms with Gasteiger partial charge in [0, 0.05) is 17.5 Å². The van der Waals surface area contributed by atoms with Gasteiger partial charge in [0.2, 0.25) is 5.89 Å². The number of esters is 1. The van der Waals surface area contributed by atoms with Gasteiger partial charge in [-0.2, -0.15) is 0 Å². The minimum atomic E-state index is -0.373. The quantitative estimate of drug-likeness (QED) is 0.455. The average molecular weight is 370 g/mol. The van der Waals surface area contributed by atoms with E-state index in [2.05, 4.69) is 9.97 Å². The number of nitrogens with zero attached hydrogens (tertiary/aromatic N) is 2. The molecular formula is C19H18N2O4S. The summed E-state index contributed by atoms with van der Waals surface area (Å²) in [4.78, 5) is 20.8. The second-order valence-corrected chi connectivity index (χ2v) is 6.20. The van der Waals surface area contributed by atoms with Crippen LogP contribution in [-0.4, -0.2) is 29.7 Å². The molecule has 134 valence electrons. The van der Waals surface area contributed by atoms with Crippen molar-refractivity contribution in [3.05, 3.63) is 60.1 Å². The highest BCUT2D eigenvalue weighted by Gasteiger charge is 2.15. The van der Waals surface area contributed by atoms with Gasteiger partial charge in [0.1, 0.15) is 17.0 Å². The smallest absolute Gasteiger partial charge is 0.340 e. The summed E-state index contributed by atoms with van der Waals surface area (Å²) >= 11 is 1.41. The summed E-state index contributed by atoms with van der Waals surface area (Å²) in [6, 6.07) is 10.9. The number of carbonyl (C=O) groups excluding carboxylic acids is 1. The third kappa shape index (κ3) is 4.23. The van der Waals surface area contributed by atoms with Crippen LogP contribution in [0.2, 0.25) is 0 Å². The number of pyridine rings is 1. The van der Waals surface area contributed by atoms with Crippen molar-refractivity contribution in [2.24, 2.45) is 0 Å². The molecule has 0 aliphatic heterocycles. The third-order valence-electron chi connectivity index (χ3n) is 3.51. The summed E-state index contributed by atoms with van der Waals surface area (Å²) in [5.41, 5.74) is 2.09. The maximum atomic E-state index is 12.0. The number of benzene rings is 1. The predicted molar refractivity (Wildman–Crippen MR) is 98.2 cm³/mol. The van der Waals surface area contributed by atoms with Crippen molar-refractivity contribution in [3.63, 3.8) is 0 Å². The van der Waals surface area contributed by atoms with Gasteiger partial charge in [0.05, 0.1) is 25.0 Å². The first kappa shape index (κ1) is 18.0. The molecule has 0 radical (unpaired) electrons. The molecule has 3 aromatic rings. The van der Waals surface area contributed by atoms with Gasteiger partial charge in [-0.15, -0.1) is 0 Å². The lowest BCUT2D eigenvalue weighted by atomic mass is 10.2. The summed E-state index contributed by atoms with van der Waals surface area (Å²) in [6.07, 6.45) is 3.26. The second kappa shape index (κ2) is 8.53. The number of aromatic nitrogens is 2. The van der Waals surface area contributed by atoms with Gasteiger partial charge in [-0.1, -0.05) is 11.8 Å². The minimum Gasteiger partial charge on any atom is -0.497 e. The maximum Gasteiger partial charge on any atom is 0.340 e. The van der Waals surface area contributed by atoms with Crippen LogP contribution in [-0.2, 0) is 10.5 Å². The fourth-order valence-corrected chi connectivity index (χ4v) is 3.11. The molecule has 0 bridgehead atoms. The maximum absolute atomic E-state index is 12.0. The Labute approximate surface area is 155 Å². The first-order valence-corrected chi connectivity index (χ1v) is 9.03. The molecule has 2 aromatic heterocycles. The lowest BCUT2D eigenvalue weighted by Crippen LogP contribution is -2.07. The van der Waals surface area contributed by atoms with E-state index < -0.39 is 0 Å². The zero-order valence-electron chi connectivity index (χ0n) is 14.5. The zero-order valence-corrected chi connectivity index (χ0v) is 15.3. The number of oxazole rings is 1. The fourth-order valence-electron chi connectivity index (χ4n) is 2.25. The minimum absolute atomic E-state index is 0.326. The van der Waals surface area contributed by atoms with Gasteiger partial charge in [0.15, 0.2) is 0 Å². The lowest BCUT2D eigenvalue weighted by Gasteiger charge is -2.06. The van der Waals surface area contributed by atoms with Crippen molar-refractivity contribution in [3.8, 4) is 17.2 Å². The molecule has 0 saturated heterocycles. The molecule has 3 rings (SSSR count). The number of rotatable bonds is 7. The highest BCUT2D eigenvalue weighted by Crippen LogP contribution is 2.27. The van der Waals surface area contributed by atoms with Crippen molar-refractivity contribution in [2.45, 2.75) is 17.7 Å². The van der Waals surface area contributed by atoms with E-state index in [1.54, 1.807) is 38.6 Å². The molecule has 0 N–H and O–H groups in total. The van der Waals surface area contributed by atoms with Crippen LogP contribution in [0.3, 0.4) is 0 Å². The van der Waals surface area contributed by atoms with Crippen LogP contribution in [0, 0.1) is 0 Å². The van der Waals surface area contributed by atoms with Gasteiger partial charge in [0.25, 0.3) is 0 Å². The Morgan fingerprint density at radius 3 is 2.77 bits per heavy atom. The molecule has 6 nitrogen and oxygen atoms in total. The van der Waals surface area contributed by atoms with E-state index >= 15 is 0 Å². The van der Waals surface area contributed by atoms with E-state index in [-0.39, 0.29) is 5.97 Å². The molecule has 2 heterocycles. The van der Waals surface area contributed by atoms with Gasteiger partial charge >= 0.3 is 5.97 Å². The molecule has 0 unspecified atom stereocenters. The molecule has 0 fully saturated rings. The molecular weight excluding hydrogens is 352 g/mol. The number of thioether (sulfide) groups is 1. The van der Waals surface area contributed by atoms with Crippen LogP contribution in [0.15, 0.2) is 58.3 Å². The Hall–Kier alpha value is -2.80. The molecule has 7 heteroatoms. The van der Waals surface area contributed by atoms with Gasteiger partial charge in [-0.3, -0.25) is 0 Å². The van der Waals surface area contributed by atoms with Crippen molar-refractivity contribution in [1.82, 2.24) is 9.97 Å². The van der Waals surface area contributed by atoms with Crippen LogP contribution in [0.1, 0.15) is 23.0 Å². The van der Waals surface area contributed by atoms with E-state index in [1.165, 1.54) is 11.8 Å². The third-order valence-corrected chi connectivity index (χ3v) is 4.55. The number of carbonyl (C=O) groups is 1. The number of hydrogen-bond acceptors (Lipinski definition) is 7. The number of ether oxygens (including phenoxy) is 2. The normalized spacial score (nSPS) is 10.5. The molecule has 0 spiro atoms. The highest BCUT2D eigenvalue weighted by molar-refractivity contribution is 7.98. The average Bonchev–Trinajstić information content (AvgIpc) is 3.16. The Balaban J connectivity index is 1.69. The van der Waals surface area contributed by atoms with Crippen LogP contribution in [0.5, 0.6) is 5.75 Å². The van der Waals surface area contributed by atoms with Gasteiger partial charge < -0.3 is 13.9 Å². The van der Waals surface area contributed by atoms with E-state index in [4.69, 9.17) is 13.9 Å². The summed E-state index contributed by atoms with van der Waals surface area (Å²) in [6.45, 7) is 2.10. The van der Waals surface area contributed by atoms with Crippen LogP contribution < -0.4 is 4.74 Å². The molecule has 0 amide bonds. The molecule has 26 heavy (non-hydrogen) atoms. The van der Waals surface area contributed by atoms with Crippen molar-refractivity contribution >= 4 is 17.7 Å². The standard InChI is InChI=1S/C19H18N2O4S/c1-3-24-19(22)16-5-4-10-20-18(16)26-12-14-11-25-17(21-14)13-6-8-15(23-2)9-7-13/h4-11H,3,12H2,1-2H3. The molecule has 0 aliphatic rings.